The van der Waals surface area contributed by atoms with Crippen LogP contribution in [0.5, 0.6) is 0 Å². The quantitative estimate of drug-likeness (QED) is 0.647. The fourth-order valence-corrected chi connectivity index (χ4v) is 1.68. The zero-order valence-corrected chi connectivity index (χ0v) is 9.63. The summed E-state index contributed by atoms with van der Waals surface area (Å²) >= 11 is 0. The van der Waals surface area contributed by atoms with Gasteiger partial charge in [0, 0.05) is 0 Å². The molecule has 0 saturated heterocycles. The van der Waals surface area contributed by atoms with E-state index in [1.807, 2.05) is 0 Å². The number of halogens is 2. The standard InChI is InChI=1S/C9H11F2N3O4/c1-3-5(9(15)16)13-7(8(10)11)6(14(17)18)4(2)12-13/h5,8H,3H2,1-2H3,(H,15,16). The molecule has 1 aromatic heterocycles. The van der Waals surface area contributed by atoms with E-state index in [2.05, 4.69) is 5.10 Å². The highest BCUT2D eigenvalue weighted by Crippen LogP contribution is 2.34. The second-order valence-corrected chi connectivity index (χ2v) is 3.58. The van der Waals surface area contributed by atoms with Crippen molar-refractivity contribution in [3.05, 3.63) is 21.5 Å². The number of carbonyl (C=O) groups is 1. The van der Waals surface area contributed by atoms with Crippen molar-refractivity contribution in [2.45, 2.75) is 32.7 Å². The summed E-state index contributed by atoms with van der Waals surface area (Å²) in [7, 11) is 0. The molecule has 0 aliphatic rings. The lowest BCUT2D eigenvalue weighted by atomic mass is 10.2. The predicted molar refractivity (Wildman–Crippen MR) is 55.5 cm³/mol. The Morgan fingerprint density at radius 2 is 2.17 bits per heavy atom. The minimum absolute atomic E-state index is 0.00662. The van der Waals surface area contributed by atoms with Gasteiger partial charge >= 0.3 is 11.7 Å². The van der Waals surface area contributed by atoms with Gasteiger partial charge in [-0.05, 0) is 13.3 Å². The molecule has 7 nitrogen and oxygen atoms in total. The van der Waals surface area contributed by atoms with E-state index in [1.165, 1.54) is 13.8 Å². The summed E-state index contributed by atoms with van der Waals surface area (Å²) in [4.78, 5) is 20.7. The molecule has 0 bridgehead atoms. The number of aromatic nitrogens is 2. The fourth-order valence-electron chi connectivity index (χ4n) is 1.68. The largest absolute Gasteiger partial charge is 0.480 e. The fraction of sp³-hybridized carbons (Fsp3) is 0.556. The maximum Gasteiger partial charge on any atom is 0.328 e. The normalized spacial score (nSPS) is 12.7. The van der Waals surface area contributed by atoms with Crippen LogP contribution in [0, 0.1) is 17.0 Å². The number of hydrogen-bond acceptors (Lipinski definition) is 4. The average molecular weight is 263 g/mol. The molecule has 18 heavy (non-hydrogen) atoms. The molecule has 0 saturated carbocycles. The first-order valence-corrected chi connectivity index (χ1v) is 5.05. The number of carboxylic acids is 1. The van der Waals surface area contributed by atoms with E-state index in [1.54, 1.807) is 0 Å². The van der Waals surface area contributed by atoms with Crippen LogP contribution in [-0.4, -0.2) is 25.8 Å². The third-order valence-electron chi connectivity index (χ3n) is 2.45. The molecule has 1 N–H and O–H groups in total. The van der Waals surface area contributed by atoms with Crippen LogP contribution in [0.4, 0.5) is 14.5 Å². The van der Waals surface area contributed by atoms with Gasteiger partial charge in [0.25, 0.3) is 6.43 Å². The van der Waals surface area contributed by atoms with Crippen LogP contribution < -0.4 is 0 Å². The lowest BCUT2D eigenvalue weighted by Crippen LogP contribution is -2.21. The number of aliphatic carboxylic acids is 1. The maximum atomic E-state index is 12.9. The van der Waals surface area contributed by atoms with Crippen LogP contribution in [0.2, 0.25) is 0 Å². The van der Waals surface area contributed by atoms with E-state index in [4.69, 9.17) is 5.11 Å². The molecule has 1 heterocycles. The molecule has 0 aromatic carbocycles. The molecule has 0 aliphatic heterocycles. The van der Waals surface area contributed by atoms with Gasteiger partial charge in [0.15, 0.2) is 5.69 Å². The van der Waals surface area contributed by atoms with Crippen molar-refractivity contribution in [1.29, 1.82) is 0 Å². The molecular formula is C9H11F2N3O4. The van der Waals surface area contributed by atoms with Gasteiger partial charge in [-0.2, -0.15) is 5.10 Å². The molecule has 1 rings (SSSR count). The Balaban J connectivity index is 3.50. The first-order chi connectivity index (χ1) is 8.31. The Morgan fingerprint density at radius 1 is 1.61 bits per heavy atom. The van der Waals surface area contributed by atoms with Crippen LogP contribution in [0.3, 0.4) is 0 Å². The number of alkyl halides is 2. The summed E-state index contributed by atoms with van der Waals surface area (Å²) in [5.74, 6) is -1.36. The van der Waals surface area contributed by atoms with Gasteiger partial charge in [-0.15, -0.1) is 0 Å². The van der Waals surface area contributed by atoms with E-state index >= 15 is 0 Å². The minimum Gasteiger partial charge on any atom is -0.480 e. The van der Waals surface area contributed by atoms with Gasteiger partial charge < -0.3 is 5.11 Å². The van der Waals surface area contributed by atoms with Crippen molar-refractivity contribution in [2.75, 3.05) is 0 Å². The Labute approximate surface area is 100 Å². The first-order valence-electron chi connectivity index (χ1n) is 5.05. The molecule has 1 aromatic rings. The van der Waals surface area contributed by atoms with Gasteiger partial charge in [0.1, 0.15) is 11.7 Å². The molecule has 0 spiro atoms. The molecular weight excluding hydrogens is 252 g/mol. The van der Waals surface area contributed by atoms with Crippen molar-refractivity contribution in [1.82, 2.24) is 9.78 Å². The monoisotopic (exact) mass is 263 g/mol. The maximum absolute atomic E-state index is 12.9. The molecule has 0 fully saturated rings. The summed E-state index contributed by atoms with van der Waals surface area (Å²) in [5, 5.41) is 23.2. The Hall–Kier alpha value is -2.06. The zero-order valence-electron chi connectivity index (χ0n) is 9.63. The van der Waals surface area contributed by atoms with E-state index in [-0.39, 0.29) is 12.1 Å². The van der Waals surface area contributed by atoms with E-state index < -0.39 is 34.7 Å². The molecule has 100 valence electrons. The molecule has 0 amide bonds. The highest BCUT2D eigenvalue weighted by atomic mass is 19.3. The highest BCUT2D eigenvalue weighted by Gasteiger charge is 2.35. The predicted octanol–water partition coefficient (Wildman–Crippen LogP) is 2.07. The van der Waals surface area contributed by atoms with Crippen LogP contribution in [0.1, 0.15) is 37.2 Å². The van der Waals surface area contributed by atoms with Crippen molar-refractivity contribution in [3.8, 4) is 0 Å². The molecule has 0 radical (unpaired) electrons. The molecule has 1 unspecified atom stereocenters. The van der Waals surface area contributed by atoms with Crippen LogP contribution in [-0.2, 0) is 4.79 Å². The van der Waals surface area contributed by atoms with Crippen molar-refractivity contribution >= 4 is 11.7 Å². The third kappa shape index (κ3) is 2.29. The lowest BCUT2D eigenvalue weighted by Gasteiger charge is -2.12. The van der Waals surface area contributed by atoms with Gasteiger partial charge in [0.2, 0.25) is 0 Å². The SMILES string of the molecule is CCC(C(=O)O)n1nc(C)c([N+](=O)[O-])c1C(F)F. The van der Waals surface area contributed by atoms with Gasteiger partial charge in [0.05, 0.1) is 4.92 Å². The number of carboxylic acid groups (broad SMARTS) is 1. The van der Waals surface area contributed by atoms with Gasteiger partial charge in [-0.3, -0.25) is 10.1 Å². The number of hydrogen-bond donors (Lipinski definition) is 1. The summed E-state index contributed by atoms with van der Waals surface area (Å²) < 4.78 is 26.3. The summed E-state index contributed by atoms with van der Waals surface area (Å²) in [5.41, 5.74) is -2.02. The van der Waals surface area contributed by atoms with Gasteiger partial charge in [-0.25, -0.2) is 18.3 Å². The van der Waals surface area contributed by atoms with Crippen molar-refractivity contribution in [2.24, 2.45) is 0 Å². The minimum atomic E-state index is -3.17. The smallest absolute Gasteiger partial charge is 0.328 e. The van der Waals surface area contributed by atoms with E-state index in [0.29, 0.717) is 4.68 Å². The summed E-state index contributed by atoms with van der Waals surface area (Å²) in [6, 6.07) is -1.35. The second kappa shape index (κ2) is 5.07. The van der Waals surface area contributed by atoms with Crippen LogP contribution in [0.25, 0.3) is 0 Å². The lowest BCUT2D eigenvalue weighted by molar-refractivity contribution is -0.387. The Kier molecular flexibility index (Phi) is 3.94. The van der Waals surface area contributed by atoms with Gasteiger partial charge in [-0.1, -0.05) is 6.92 Å². The van der Waals surface area contributed by atoms with Crippen molar-refractivity contribution < 1.29 is 23.6 Å². The average Bonchev–Trinajstić information content (AvgIpc) is 2.56. The summed E-state index contributed by atoms with van der Waals surface area (Å²) in [6.07, 6.45) is -3.17. The molecule has 0 aliphatic carbocycles. The highest BCUT2D eigenvalue weighted by molar-refractivity contribution is 5.72. The van der Waals surface area contributed by atoms with E-state index in [9.17, 15) is 23.7 Å². The molecule has 9 heteroatoms. The number of rotatable bonds is 5. The van der Waals surface area contributed by atoms with Crippen molar-refractivity contribution in [3.63, 3.8) is 0 Å². The first kappa shape index (κ1) is 14.0. The molecule has 1 atom stereocenters. The van der Waals surface area contributed by atoms with Crippen LogP contribution in [0.15, 0.2) is 0 Å². The third-order valence-corrected chi connectivity index (χ3v) is 2.45. The zero-order chi connectivity index (χ0) is 14.0. The number of nitro groups is 1. The van der Waals surface area contributed by atoms with Crippen LogP contribution >= 0.6 is 0 Å². The summed E-state index contributed by atoms with van der Waals surface area (Å²) in [6.45, 7) is 2.66. The van der Waals surface area contributed by atoms with E-state index in [0.717, 1.165) is 0 Å². The Bertz CT molecular complexity index is 486. The topological polar surface area (TPSA) is 98.3 Å². The number of nitrogens with zero attached hydrogens (tertiary/aromatic N) is 3. The second-order valence-electron chi connectivity index (χ2n) is 3.58. The number of aryl methyl sites for hydroxylation is 1. The Morgan fingerprint density at radius 3 is 2.50 bits per heavy atom.